The highest BCUT2D eigenvalue weighted by molar-refractivity contribution is 7.85. The molecule has 0 saturated heterocycles. The van der Waals surface area contributed by atoms with Crippen LogP contribution in [-0.4, -0.2) is 31.8 Å². The Hall–Kier alpha value is -1.93. The Morgan fingerprint density at radius 3 is 2.40 bits per heavy atom. The molecule has 1 amide bonds. The summed E-state index contributed by atoms with van der Waals surface area (Å²) in [5, 5.41) is 2.45. The van der Waals surface area contributed by atoms with Gasteiger partial charge in [-0.15, -0.1) is 0 Å². The normalized spacial score (nSPS) is 11.0. The molecule has 0 aliphatic heterocycles. The first-order valence-corrected chi connectivity index (χ1v) is 7.04. The van der Waals surface area contributed by atoms with Crippen LogP contribution in [0.5, 0.6) is 5.75 Å². The summed E-state index contributed by atoms with van der Waals surface area (Å²) in [6.45, 7) is 2.74. The summed E-state index contributed by atoms with van der Waals surface area (Å²) in [4.78, 5) is 22.1. The maximum atomic E-state index is 11.5. The summed E-state index contributed by atoms with van der Waals surface area (Å²) in [5.41, 5.74) is 0.468. The first kappa shape index (κ1) is 16.1. The zero-order chi connectivity index (χ0) is 15.5. The monoisotopic (exact) mass is 301 g/mol. The van der Waals surface area contributed by atoms with Gasteiger partial charge in [-0.2, -0.15) is 8.42 Å². The fraction of sp³-hybridized carbons (Fsp3) is 0.333. The summed E-state index contributed by atoms with van der Waals surface area (Å²) in [5.74, 6) is -0.761. The SMILES string of the molecule is COc1cc(S(=O)(=O)O)c(C)cc1NC(=O)CC(C)=O. The van der Waals surface area contributed by atoms with Gasteiger partial charge in [0.05, 0.1) is 19.2 Å². The number of benzene rings is 1. The van der Waals surface area contributed by atoms with Crippen LogP contribution in [0.2, 0.25) is 0 Å². The molecule has 0 saturated carbocycles. The van der Waals surface area contributed by atoms with Crippen LogP contribution in [0.25, 0.3) is 0 Å². The molecular weight excluding hydrogens is 286 g/mol. The van der Waals surface area contributed by atoms with Gasteiger partial charge in [0.1, 0.15) is 16.4 Å². The predicted molar refractivity (Wildman–Crippen MR) is 71.5 cm³/mol. The van der Waals surface area contributed by atoms with Crippen molar-refractivity contribution < 1.29 is 27.3 Å². The Morgan fingerprint density at radius 1 is 1.35 bits per heavy atom. The van der Waals surface area contributed by atoms with Gasteiger partial charge in [-0.25, -0.2) is 0 Å². The largest absolute Gasteiger partial charge is 0.495 e. The quantitative estimate of drug-likeness (QED) is 0.624. The zero-order valence-electron chi connectivity index (χ0n) is 11.3. The van der Waals surface area contributed by atoms with Crippen molar-refractivity contribution in [3.63, 3.8) is 0 Å². The van der Waals surface area contributed by atoms with Crippen molar-refractivity contribution in [3.8, 4) is 5.75 Å². The highest BCUT2D eigenvalue weighted by Gasteiger charge is 2.18. The molecular formula is C12H15NO6S. The fourth-order valence-corrected chi connectivity index (χ4v) is 2.36. The van der Waals surface area contributed by atoms with E-state index in [1.165, 1.54) is 27.0 Å². The van der Waals surface area contributed by atoms with Gasteiger partial charge in [0, 0.05) is 6.07 Å². The number of rotatable bonds is 5. The number of ether oxygens (including phenoxy) is 1. The predicted octanol–water partition coefficient (Wildman–Crippen LogP) is 1.17. The number of methoxy groups -OCH3 is 1. The first-order valence-electron chi connectivity index (χ1n) is 5.60. The number of hydrogen-bond donors (Lipinski definition) is 2. The topological polar surface area (TPSA) is 110 Å². The molecule has 20 heavy (non-hydrogen) atoms. The van der Waals surface area contributed by atoms with E-state index in [2.05, 4.69) is 5.32 Å². The number of aryl methyl sites for hydroxylation is 1. The first-order chi connectivity index (χ1) is 9.15. The number of anilines is 1. The van der Waals surface area contributed by atoms with E-state index in [4.69, 9.17) is 9.29 Å². The zero-order valence-corrected chi connectivity index (χ0v) is 12.1. The lowest BCUT2D eigenvalue weighted by Crippen LogP contribution is -2.16. The van der Waals surface area contributed by atoms with Crippen molar-refractivity contribution in [2.75, 3.05) is 12.4 Å². The molecule has 1 aromatic carbocycles. The molecule has 0 spiro atoms. The number of hydrogen-bond acceptors (Lipinski definition) is 5. The molecule has 0 fully saturated rings. The molecule has 0 radical (unpaired) electrons. The second-order valence-electron chi connectivity index (χ2n) is 4.22. The molecule has 0 bridgehead atoms. The Morgan fingerprint density at radius 2 is 1.95 bits per heavy atom. The van der Waals surface area contributed by atoms with Crippen LogP contribution in [0.4, 0.5) is 5.69 Å². The minimum atomic E-state index is -4.38. The lowest BCUT2D eigenvalue weighted by atomic mass is 10.2. The third-order valence-electron chi connectivity index (χ3n) is 2.46. The Balaban J connectivity index is 3.19. The maximum absolute atomic E-state index is 11.5. The van der Waals surface area contributed by atoms with Crippen LogP contribution < -0.4 is 10.1 Å². The van der Waals surface area contributed by atoms with E-state index in [9.17, 15) is 18.0 Å². The second kappa shape index (κ2) is 6.02. The third-order valence-corrected chi connectivity index (χ3v) is 3.45. The molecule has 1 rings (SSSR count). The fourth-order valence-electron chi connectivity index (χ4n) is 1.63. The molecule has 110 valence electrons. The van der Waals surface area contributed by atoms with E-state index in [1.54, 1.807) is 0 Å². The summed E-state index contributed by atoms with van der Waals surface area (Å²) in [6.07, 6.45) is -0.289. The van der Waals surface area contributed by atoms with Crippen molar-refractivity contribution in [2.45, 2.75) is 25.2 Å². The smallest absolute Gasteiger partial charge is 0.294 e. The maximum Gasteiger partial charge on any atom is 0.294 e. The molecule has 0 atom stereocenters. The van der Waals surface area contributed by atoms with Gasteiger partial charge in [-0.3, -0.25) is 14.1 Å². The molecule has 2 N–H and O–H groups in total. The molecule has 7 nitrogen and oxygen atoms in total. The average molecular weight is 301 g/mol. The van der Waals surface area contributed by atoms with Gasteiger partial charge in [0.25, 0.3) is 10.1 Å². The van der Waals surface area contributed by atoms with Gasteiger partial charge in [0.2, 0.25) is 5.91 Å². The minimum Gasteiger partial charge on any atom is -0.495 e. The van der Waals surface area contributed by atoms with Gasteiger partial charge in [-0.1, -0.05) is 0 Å². The highest BCUT2D eigenvalue weighted by Crippen LogP contribution is 2.30. The third kappa shape index (κ3) is 4.04. The number of ketones is 1. The molecule has 0 aliphatic rings. The van der Waals surface area contributed by atoms with Crippen LogP contribution in [0.1, 0.15) is 18.9 Å². The number of amides is 1. The molecule has 0 heterocycles. The van der Waals surface area contributed by atoms with Crippen LogP contribution in [-0.2, 0) is 19.7 Å². The van der Waals surface area contributed by atoms with Crippen molar-refractivity contribution >= 4 is 27.5 Å². The summed E-state index contributed by atoms with van der Waals surface area (Å²) in [7, 11) is -3.09. The second-order valence-corrected chi connectivity index (χ2v) is 5.61. The Kier molecular flexibility index (Phi) is 4.85. The highest BCUT2D eigenvalue weighted by atomic mass is 32.2. The van der Waals surface area contributed by atoms with E-state index in [-0.39, 0.29) is 34.1 Å². The van der Waals surface area contributed by atoms with E-state index in [0.29, 0.717) is 0 Å². The molecule has 1 aromatic rings. The van der Waals surface area contributed by atoms with Crippen molar-refractivity contribution in [3.05, 3.63) is 17.7 Å². The minimum absolute atomic E-state index is 0.0696. The van der Waals surface area contributed by atoms with Crippen molar-refractivity contribution in [1.29, 1.82) is 0 Å². The van der Waals surface area contributed by atoms with E-state index in [0.717, 1.165) is 6.07 Å². The van der Waals surface area contributed by atoms with Crippen LogP contribution in [0, 0.1) is 6.92 Å². The number of nitrogens with one attached hydrogen (secondary N) is 1. The van der Waals surface area contributed by atoms with Gasteiger partial charge < -0.3 is 10.1 Å². The van der Waals surface area contributed by atoms with E-state index >= 15 is 0 Å². The van der Waals surface area contributed by atoms with Gasteiger partial charge >= 0.3 is 0 Å². The lowest BCUT2D eigenvalue weighted by molar-refractivity contribution is -0.124. The molecule has 0 unspecified atom stereocenters. The molecule has 0 aromatic heterocycles. The summed E-state index contributed by atoms with van der Waals surface area (Å²) in [6, 6.07) is 2.45. The average Bonchev–Trinajstić information content (AvgIpc) is 2.26. The molecule has 0 aliphatic carbocycles. The van der Waals surface area contributed by atoms with Crippen LogP contribution in [0.15, 0.2) is 17.0 Å². The summed E-state index contributed by atoms with van der Waals surface area (Å²) < 4.78 is 36.4. The van der Waals surface area contributed by atoms with Crippen LogP contribution in [0.3, 0.4) is 0 Å². The van der Waals surface area contributed by atoms with Crippen molar-refractivity contribution in [1.82, 2.24) is 0 Å². The van der Waals surface area contributed by atoms with Crippen molar-refractivity contribution in [2.24, 2.45) is 0 Å². The van der Waals surface area contributed by atoms with Gasteiger partial charge in [0.15, 0.2) is 0 Å². The van der Waals surface area contributed by atoms with E-state index in [1.807, 2.05) is 0 Å². The number of carbonyl (C=O) groups is 2. The number of Topliss-reactive ketones (excluding diaryl/α,β-unsaturated/α-hetero) is 1. The Labute approximate surface area is 116 Å². The Bertz CT molecular complexity index is 650. The standard InChI is InChI=1S/C12H15NO6S/c1-7-4-9(13-12(15)5-8(2)14)10(19-3)6-11(7)20(16,17)18/h4,6H,5H2,1-3H3,(H,13,15)(H,16,17,18). The molecule has 8 heteroatoms. The summed E-state index contributed by atoms with van der Waals surface area (Å²) >= 11 is 0. The van der Waals surface area contributed by atoms with E-state index < -0.39 is 16.0 Å². The van der Waals surface area contributed by atoms with Crippen LogP contribution >= 0.6 is 0 Å². The van der Waals surface area contributed by atoms with Gasteiger partial charge in [-0.05, 0) is 25.5 Å². The lowest BCUT2D eigenvalue weighted by Gasteiger charge is -2.13. The number of carbonyl (C=O) groups excluding carboxylic acids is 2.